The first-order chi connectivity index (χ1) is 10.4. The first-order valence-electron chi connectivity index (χ1n) is 6.59. The summed E-state index contributed by atoms with van der Waals surface area (Å²) >= 11 is 4.99. The number of carbonyl (C=O) groups is 1. The van der Waals surface area contributed by atoms with Crippen molar-refractivity contribution in [3.05, 3.63) is 35.6 Å². The molecular weight excluding hydrogens is 307 g/mol. The van der Waals surface area contributed by atoms with E-state index in [9.17, 15) is 9.18 Å². The van der Waals surface area contributed by atoms with E-state index < -0.39 is 11.7 Å². The number of aromatic nitrogens is 4. The van der Waals surface area contributed by atoms with Crippen LogP contribution < -0.4 is 10.6 Å². The Bertz CT molecular complexity index is 687. The molecule has 22 heavy (non-hydrogen) atoms. The van der Waals surface area contributed by atoms with Gasteiger partial charge in [0, 0.05) is 5.56 Å². The lowest BCUT2D eigenvalue weighted by molar-refractivity contribution is 0.0977. The van der Waals surface area contributed by atoms with Crippen molar-refractivity contribution >= 4 is 29.2 Å². The van der Waals surface area contributed by atoms with E-state index >= 15 is 0 Å². The number of amides is 1. The normalized spacial score (nSPS) is 10.5. The highest BCUT2D eigenvalue weighted by Gasteiger charge is 2.11. The van der Waals surface area contributed by atoms with Gasteiger partial charge < -0.3 is 0 Å². The van der Waals surface area contributed by atoms with Gasteiger partial charge in [-0.3, -0.25) is 15.4 Å². The van der Waals surface area contributed by atoms with Crippen LogP contribution in [0.25, 0.3) is 0 Å². The van der Waals surface area contributed by atoms with Gasteiger partial charge in [0.05, 0.1) is 6.54 Å². The lowest BCUT2D eigenvalue weighted by atomic mass is 10.2. The van der Waals surface area contributed by atoms with Crippen LogP contribution in [0, 0.1) is 11.7 Å². The summed E-state index contributed by atoms with van der Waals surface area (Å²) in [5, 5.41) is 16.8. The smallest absolute Gasteiger partial charge is 0.269 e. The molecule has 0 bridgehead atoms. The van der Waals surface area contributed by atoms with E-state index in [1.165, 1.54) is 23.0 Å². The molecule has 0 atom stereocenters. The number of thiocarbonyl (C=S) groups is 1. The molecule has 0 aliphatic rings. The molecule has 0 fully saturated rings. The predicted molar refractivity (Wildman–Crippen MR) is 82.7 cm³/mol. The molecule has 0 spiro atoms. The van der Waals surface area contributed by atoms with Gasteiger partial charge in [-0.05, 0) is 41.5 Å². The van der Waals surface area contributed by atoms with Crippen molar-refractivity contribution < 1.29 is 9.18 Å². The summed E-state index contributed by atoms with van der Waals surface area (Å²) in [5.41, 5.74) is 0.167. The van der Waals surface area contributed by atoms with Crippen LogP contribution in [-0.4, -0.2) is 31.2 Å². The summed E-state index contributed by atoms with van der Waals surface area (Å²) in [6.07, 6.45) is 0. The Morgan fingerprint density at radius 2 is 2.23 bits per heavy atom. The van der Waals surface area contributed by atoms with Crippen LogP contribution in [0.5, 0.6) is 0 Å². The topological polar surface area (TPSA) is 84.7 Å². The van der Waals surface area contributed by atoms with E-state index in [0.717, 1.165) is 6.07 Å². The number of carbonyl (C=O) groups excluding carboxylic acids is 1. The first kappa shape index (κ1) is 16.0. The van der Waals surface area contributed by atoms with Gasteiger partial charge in [0.25, 0.3) is 11.9 Å². The molecule has 7 nitrogen and oxygen atoms in total. The molecule has 0 aliphatic carbocycles. The van der Waals surface area contributed by atoms with Gasteiger partial charge in [-0.2, -0.15) is 4.80 Å². The Balaban J connectivity index is 1.92. The van der Waals surface area contributed by atoms with Crippen LogP contribution in [0.15, 0.2) is 24.3 Å². The minimum Gasteiger partial charge on any atom is -0.299 e. The molecule has 0 radical (unpaired) electrons. The van der Waals surface area contributed by atoms with Gasteiger partial charge in [-0.1, -0.05) is 25.0 Å². The maximum Gasteiger partial charge on any atom is 0.269 e. The molecule has 0 unspecified atom stereocenters. The van der Waals surface area contributed by atoms with E-state index in [1.54, 1.807) is 0 Å². The standard InChI is InChI=1S/C13H15FN6OS/c1-8(2)7-20-18-12(17-19-20)16-13(22)15-11(21)9-4-3-5-10(14)6-9/h3-6,8H,7H2,1-2H3,(H2,15,16,18,21,22). The third kappa shape index (κ3) is 4.55. The molecule has 2 rings (SSSR count). The fraction of sp³-hybridized carbons (Fsp3) is 0.308. The molecule has 1 heterocycles. The average molecular weight is 322 g/mol. The zero-order chi connectivity index (χ0) is 16.1. The summed E-state index contributed by atoms with van der Waals surface area (Å²) in [7, 11) is 0. The number of hydrogen-bond acceptors (Lipinski definition) is 5. The van der Waals surface area contributed by atoms with Crippen molar-refractivity contribution in [1.82, 2.24) is 25.5 Å². The van der Waals surface area contributed by atoms with Crippen LogP contribution in [0.4, 0.5) is 10.3 Å². The second-order valence-corrected chi connectivity index (χ2v) is 5.39. The minimum atomic E-state index is -0.522. The lowest BCUT2D eigenvalue weighted by Gasteiger charge is -2.06. The monoisotopic (exact) mass is 322 g/mol. The number of halogens is 1. The third-order valence-electron chi connectivity index (χ3n) is 2.52. The number of benzene rings is 1. The zero-order valence-corrected chi connectivity index (χ0v) is 12.9. The summed E-state index contributed by atoms with van der Waals surface area (Å²) < 4.78 is 13.1. The van der Waals surface area contributed by atoms with Gasteiger partial charge in [-0.25, -0.2) is 4.39 Å². The minimum absolute atomic E-state index is 0.0124. The Morgan fingerprint density at radius 1 is 1.45 bits per heavy atom. The Hall–Kier alpha value is -2.42. The fourth-order valence-corrected chi connectivity index (χ4v) is 1.82. The second kappa shape index (κ2) is 7.03. The highest BCUT2D eigenvalue weighted by atomic mass is 32.1. The molecule has 9 heteroatoms. The van der Waals surface area contributed by atoms with E-state index in [4.69, 9.17) is 12.2 Å². The molecule has 1 aromatic heterocycles. The highest BCUT2D eigenvalue weighted by Crippen LogP contribution is 2.03. The molecule has 0 saturated heterocycles. The second-order valence-electron chi connectivity index (χ2n) is 4.98. The maximum atomic E-state index is 13.1. The van der Waals surface area contributed by atoms with Gasteiger partial charge in [0.15, 0.2) is 5.11 Å². The number of rotatable bonds is 4. The van der Waals surface area contributed by atoms with Crippen LogP contribution in [0.1, 0.15) is 24.2 Å². The maximum absolute atomic E-state index is 13.1. The quantitative estimate of drug-likeness (QED) is 0.832. The number of tetrazole rings is 1. The Morgan fingerprint density at radius 3 is 2.91 bits per heavy atom. The van der Waals surface area contributed by atoms with E-state index in [0.29, 0.717) is 12.5 Å². The Labute approximate surface area is 131 Å². The molecule has 2 N–H and O–H groups in total. The molecule has 1 aromatic carbocycles. The summed E-state index contributed by atoms with van der Waals surface area (Å²) in [6.45, 7) is 4.68. The molecule has 116 valence electrons. The van der Waals surface area contributed by atoms with E-state index in [2.05, 4.69) is 26.0 Å². The molecule has 0 aliphatic heterocycles. The lowest BCUT2D eigenvalue weighted by Crippen LogP contribution is -2.34. The molecule has 1 amide bonds. The third-order valence-corrected chi connectivity index (χ3v) is 2.72. The summed E-state index contributed by atoms with van der Waals surface area (Å²) in [5.74, 6) is -0.455. The van der Waals surface area contributed by atoms with Gasteiger partial charge in [0.2, 0.25) is 0 Å². The molecule has 2 aromatic rings. The van der Waals surface area contributed by atoms with Crippen molar-refractivity contribution in [2.24, 2.45) is 5.92 Å². The van der Waals surface area contributed by atoms with Crippen molar-refractivity contribution in [3.8, 4) is 0 Å². The molecular formula is C13H15FN6OS. The highest BCUT2D eigenvalue weighted by molar-refractivity contribution is 7.80. The van der Waals surface area contributed by atoms with Crippen LogP contribution in [0.3, 0.4) is 0 Å². The van der Waals surface area contributed by atoms with Gasteiger partial charge in [0.1, 0.15) is 5.82 Å². The summed E-state index contributed by atoms with van der Waals surface area (Å²) in [6, 6.07) is 5.30. The van der Waals surface area contributed by atoms with Crippen LogP contribution in [0.2, 0.25) is 0 Å². The van der Waals surface area contributed by atoms with E-state index in [1.807, 2.05) is 13.8 Å². The largest absolute Gasteiger partial charge is 0.299 e. The summed E-state index contributed by atoms with van der Waals surface area (Å²) in [4.78, 5) is 13.3. The van der Waals surface area contributed by atoms with Crippen LogP contribution in [-0.2, 0) is 6.54 Å². The van der Waals surface area contributed by atoms with Gasteiger partial charge >= 0.3 is 0 Å². The molecule has 0 saturated carbocycles. The fourth-order valence-electron chi connectivity index (χ4n) is 1.64. The number of anilines is 1. The van der Waals surface area contributed by atoms with Crippen molar-refractivity contribution in [1.29, 1.82) is 0 Å². The zero-order valence-electron chi connectivity index (χ0n) is 12.1. The Kier molecular flexibility index (Phi) is 5.10. The predicted octanol–water partition coefficient (Wildman–Crippen LogP) is 1.59. The number of hydrogen-bond donors (Lipinski definition) is 2. The number of nitrogens with one attached hydrogen (secondary N) is 2. The van der Waals surface area contributed by atoms with Crippen molar-refractivity contribution in [2.75, 3.05) is 5.32 Å². The van der Waals surface area contributed by atoms with Crippen LogP contribution >= 0.6 is 12.2 Å². The van der Waals surface area contributed by atoms with Gasteiger partial charge in [-0.15, -0.1) is 5.10 Å². The van der Waals surface area contributed by atoms with Crippen molar-refractivity contribution in [3.63, 3.8) is 0 Å². The van der Waals surface area contributed by atoms with E-state index in [-0.39, 0.29) is 16.6 Å². The number of nitrogens with zero attached hydrogens (tertiary/aromatic N) is 4. The first-order valence-corrected chi connectivity index (χ1v) is 7.00. The SMILES string of the molecule is CC(C)Cn1nnc(NC(=S)NC(=O)c2cccc(F)c2)n1. The average Bonchev–Trinajstić information content (AvgIpc) is 2.84. The van der Waals surface area contributed by atoms with Crippen molar-refractivity contribution in [2.45, 2.75) is 20.4 Å².